The summed E-state index contributed by atoms with van der Waals surface area (Å²) in [5, 5.41) is 4.12. The summed E-state index contributed by atoms with van der Waals surface area (Å²) in [6.45, 7) is 4.30. The minimum Gasteiger partial charge on any atom is -0.497 e. The highest BCUT2D eigenvalue weighted by molar-refractivity contribution is 5.91. The topological polar surface area (TPSA) is 77.7 Å². The first-order valence-corrected chi connectivity index (χ1v) is 10.0. The molecule has 1 unspecified atom stereocenters. The molecule has 1 saturated heterocycles. The van der Waals surface area contributed by atoms with Gasteiger partial charge >= 0.3 is 0 Å². The predicted octanol–water partition coefficient (Wildman–Crippen LogP) is 3.05. The van der Waals surface area contributed by atoms with Crippen LogP contribution in [0, 0.1) is 0 Å². The summed E-state index contributed by atoms with van der Waals surface area (Å²) < 4.78 is 15.9. The number of hydrogen-bond donors (Lipinski definition) is 0. The van der Waals surface area contributed by atoms with Crippen molar-refractivity contribution < 1.29 is 18.8 Å². The molecule has 4 rings (SSSR count). The van der Waals surface area contributed by atoms with Gasteiger partial charge in [0.15, 0.2) is 5.82 Å². The molecule has 2 fully saturated rings. The fourth-order valence-electron chi connectivity index (χ4n) is 4.02. The Morgan fingerprint density at radius 2 is 2.11 bits per heavy atom. The van der Waals surface area contributed by atoms with E-state index in [0.717, 1.165) is 43.5 Å². The number of rotatable bonds is 7. The average molecular weight is 385 g/mol. The van der Waals surface area contributed by atoms with Crippen molar-refractivity contribution in [1.82, 2.24) is 15.0 Å². The standard InChI is InChI=1S/C21H27N3O4/c1-3-27-14-18-22-19(23-28-18)15-5-4-12-24(13-15)20(25)21(10-11-21)16-6-8-17(26-2)9-7-16/h6-9,15H,3-5,10-14H2,1-2H3. The highest BCUT2D eigenvalue weighted by Gasteiger charge is 2.53. The van der Waals surface area contributed by atoms with E-state index < -0.39 is 0 Å². The van der Waals surface area contributed by atoms with Crippen LogP contribution in [0.15, 0.2) is 28.8 Å². The van der Waals surface area contributed by atoms with Crippen LogP contribution in [0.1, 0.15) is 55.8 Å². The van der Waals surface area contributed by atoms with Crippen LogP contribution in [0.5, 0.6) is 5.75 Å². The van der Waals surface area contributed by atoms with Crippen LogP contribution in [0.2, 0.25) is 0 Å². The van der Waals surface area contributed by atoms with Crippen LogP contribution in [-0.4, -0.2) is 47.8 Å². The van der Waals surface area contributed by atoms with E-state index in [1.165, 1.54) is 0 Å². The van der Waals surface area contributed by atoms with Crippen LogP contribution in [-0.2, 0) is 21.6 Å². The highest BCUT2D eigenvalue weighted by Crippen LogP contribution is 2.50. The SMILES string of the molecule is CCOCc1nc(C2CCCN(C(=O)C3(c4ccc(OC)cc4)CC3)C2)no1. The lowest BCUT2D eigenvalue weighted by Gasteiger charge is -2.34. The molecule has 1 aromatic heterocycles. The second kappa shape index (κ2) is 7.91. The molecule has 0 spiro atoms. The molecule has 1 aromatic carbocycles. The normalized spacial score (nSPS) is 20.8. The fourth-order valence-corrected chi connectivity index (χ4v) is 4.02. The van der Waals surface area contributed by atoms with Crippen molar-refractivity contribution in [2.45, 2.75) is 50.5 Å². The smallest absolute Gasteiger partial charge is 0.252 e. The van der Waals surface area contributed by atoms with Crippen LogP contribution in [0.4, 0.5) is 0 Å². The maximum atomic E-state index is 13.4. The lowest BCUT2D eigenvalue weighted by molar-refractivity contribution is -0.135. The molecule has 0 radical (unpaired) electrons. The monoisotopic (exact) mass is 385 g/mol. The molecular formula is C21H27N3O4. The fraction of sp³-hybridized carbons (Fsp3) is 0.571. The third-order valence-corrected chi connectivity index (χ3v) is 5.79. The van der Waals surface area contributed by atoms with Gasteiger partial charge in [-0.3, -0.25) is 4.79 Å². The van der Waals surface area contributed by atoms with Crippen molar-refractivity contribution in [3.8, 4) is 5.75 Å². The van der Waals surface area contributed by atoms with Gasteiger partial charge < -0.3 is 18.9 Å². The second-order valence-corrected chi connectivity index (χ2v) is 7.58. The van der Waals surface area contributed by atoms with E-state index in [-0.39, 0.29) is 17.2 Å². The van der Waals surface area contributed by atoms with Gasteiger partial charge in [-0.1, -0.05) is 17.3 Å². The quantitative estimate of drug-likeness (QED) is 0.729. The maximum Gasteiger partial charge on any atom is 0.252 e. The number of likely N-dealkylation sites (tertiary alicyclic amines) is 1. The predicted molar refractivity (Wildman–Crippen MR) is 102 cm³/mol. The molecule has 2 aliphatic rings. The van der Waals surface area contributed by atoms with E-state index in [9.17, 15) is 4.79 Å². The molecule has 0 N–H and O–H groups in total. The van der Waals surface area contributed by atoms with Gasteiger partial charge in [-0.25, -0.2) is 0 Å². The molecular weight excluding hydrogens is 358 g/mol. The summed E-state index contributed by atoms with van der Waals surface area (Å²) in [4.78, 5) is 19.8. The van der Waals surface area contributed by atoms with E-state index in [1.807, 2.05) is 36.1 Å². The third-order valence-electron chi connectivity index (χ3n) is 5.79. The number of carbonyl (C=O) groups excluding carboxylic acids is 1. The number of ether oxygens (including phenoxy) is 2. The molecule has 1 atom stereocenters. The number of benzene rings is 1. The average Bonchev–Trinajstić information content (AvgIpc) is 3.43. The number of piperidine rings is 1. The van der Waals surface area contributed by atoms with Gasteiger partial charge in [0, 0.05) is 25.6 Å². The number of carbonyl (C=O) groups is 1. The number of nitrogens with zero attached hydrogens (tertiary/aromatic N) is 3. The van der Waals surface area contributed by atoms with Crippen molar-refractivity contribution in [2.24, 2.45) is 0 Å². The summed E-state index contributed by atoms with van der Waals surface area (Å²) >= 11 is 0. The number of methoxy groups -OCH3 is 1. The maximum absolute atomic E-state index is 13.4. The van der Waals surface area contributed by atoms with E-state index in [4.69, 9.17) is 14.0 Å². The molecule has 2 heterocycles. The Hall–Kier alpha value is -2.41. The molecule has 7 heteroatoms. The van der Waals surface area contributed by atoms with Gasteiger partial charge in [0.25, 0.3) is 5.89 Å². The van der Waals surface area contributed by atoms with E-state index >= 15 is 0 Å². The van der Waals surface area contributed by atoms with Gasteiger partial charge in [-0.2, -0.15) is 4.98 Å². The number of aromatic nitrogens is 2. The minimum absolute atomic E-state index is 0.114. The van der Waals surface area contributed by atoms with Gasteiger partial charge in [0.2, 0.25) is 5.91 Å². The molecule has 150 valence electrons. The van der Waals surface area contributed by atoms with E-state index in [0.29, 0.717) is 31.5 Å². The molecule has 1 aliphatic carbocycles. The van der Waals surface area contributed by atoms with Crippen molar-refractivity contribution in [2.75, 3.05) is 26.8 Å². The minimum atomic E-state index is -0.370. The Morgan fingerprint density at radius 1 is 1.32 bits per heavy atom. The Kier molecular flexibility index (Phi) is 5.35. The van der Waals surface area contributed by atoms with Crippen molar-refractivity contribution in [3.05, 3.63) is 41.5 Å². The first-order valence-electron chi connectivity index (χ1n) is 10.0. The summed E-state index contributed by atoms with van der Waals surface area (Å²) in [5.74, 6) is 2.33. The Bertz CT molecular complexity index is 813. The Morgan fingerprint density at radius 3 is 2.79 bits per heavy atom. The molecule has 1 aliphatic heterocycles. The lowest BCUT2D eigenvalue weighted by Crippen LogP contribution is -2.44. The summed E-state index contributed by atoms with van der Waals surface area (Å²) in [7, 11) is 1.65. The first kappa shape index (κ1) is 18.9. The summed E-state index contributed by atoms with van der Waals surface area (Å²) in [5.41, 5.74) is 0.713. The second-order valence-electron chi connectivity index (χ2n) is 7.58. The van der Waals surface area contributed by atoms with Crippen LogP contribution in [0.3, 0.4) is 0 Å². The van der Waals surface area contributed by atoms with Crippen molar-refractivity contribution in [3.63, 3.8) is 0 Å². The van der Waals surface area contributed by atoms with Crippen LogP contribution < -0.4 is 4.74 Å². The van der Waals surface area contributed by atoms with Gasteiger partial charge in [-0.05, 0) is 50.3 Å². The van der Waals surface area contributed by atoms with E-state index in [1.54, 1.807) is 7.11 Å². The molecule has 28 heavy (non-hydrogen) atoms. The van der Waals surface area contributed by atoms with Crippen LogP contribution in [0.25, 0.3) is 0 Å². The van der Waals surface area contributed by atoms with Gasteiger partial charge in [-0.15, -0.1) is 0 Å². The van der Waals surface area contributed by atoms with Gasteiger partial charge in [0.05, 0.1) is 12.5 Å². The highest BCUT2D eigenvalue weighted by atomic mass is 16.5. The van der Waals surface area contributed by atoms with E-state index in [2.05, 4.69) is 10.1 Å². The Balaban J connectivity index is 1.45. The van der Waals surface area contributed by atoms with Crippen LogP contribution >= 0.6 is 0 Å². The number of hydrogen-bond acceptors (Lipinski definition) is 6. The molecule has 2 aromatic rings. The zero-order valence-electron chi connectivity index (χ0n) is 16.5. The zero-order chi connectivity index (χ0) is 19.6. The third kappa shape index (κ3) is 3.63. The zero-order valence-corrected chi connectivity index (χ0v) is 16.5. The largest absolute Gasteiger partial charge is 0.497 e. The Labute approximate surface area is 165 Å². The molecule has 1 saturated carbocycles. The summed E-state index contributed by atoms with van der Waals surface area (Å²) in [6, 6.07) is 7.90. The number of amides is 1. The van der Waals surface area contributed by atoms with Crippen molar-refractivity contribution in [1.29, 1.82) is 0 Å². The summed E-state index contributed by atoms with van der Waals surface area (Å²) in [6.07, 6.45) is 3.72. The van der Waals surface area contributed by atoms with Gasteiger partial charge in [0.1, 0.15) is 12.4 Å². The van der Waals surface area contributed by atoms with Crippen molar-refractivity contribution >= 4 is 5.91 Å². The first-order chi connectivity index (χ1) is 13.7. The molecule has 1 amide bonds. The molecule has 7 nitrogen and oxygen atoms in total. The lowest BCUT2D eigenvalue weighted by atomic mass is 9.91. The molecule has 0 bridgehead atoms.